The van der Waals surface area contributed by atoms with E-state index in [1.165, 1.54) is 7.11 Å². The van der Waals surface area contributed by atoms with Gasteiger partial charge in [0.15, 0.2) is 21.0 Å². The molecule has 2 saturated heterocycles. The van der Waals surface area contributed by atoms with E-state index in [0.29, 0.717) is 13.0 Å². The molecule has 0 aromatic carbocycles. The van der Waals surface area contributed by atoms with Gasteiger partial charge >= 0.3 is 0 Å². The molecule has 2 rings (SSSR count). The second-order valence-corrected chi connectivity index (χ2v) is 7.65. The van der Waals surface area contributed by atoms with E-state index >= 15 is 0 Å². The molecular formula is C18H39O10P. The summed E-state index contributed by atoms with van der Waals surface area (Å²) in [6.07, 6.45) is -1.76. The Morgan fingerprint density at radius 1 is 0.862 bits per heavy atom. The van der Waals surface area contributed by atoms with Gasteiger partial charge in [0.25, 0.3) is 0 Å². The zero-order chi connectivity index (χ0) is 22.4. The minimum absolute atomic E-state index is 0.153. The van der Waals surface area contributed by atoms with Crippen LogP contribution in [-0.4, -0.2) is 102 Å². The Kier molecular flexibility index (Phi) is 16.7. The fraction of sp³-hybridized carbons (Fsp3) is 1.00. The monoisotopic (exact) mass is 446 g/mol. The molecule has 0 amide bonds. The van der Waals surface area contributed by atoms with E-state index < -0.39 is 39.1 Å². The summed E-state index contributed by atoms with van der Waals surface area (Å²) >= 11 is 0. The van der Waals surface area contributed by atoms with E-state index in [1.807, 2.05) is 13.8 Å². The van der Waals surface area contributed by atoms with E-state index in [4.69, 9.17) is 33.5 Å². The average molecular weight is 446 g/mol. The predicted molar refractivity (Wildman–Crippen MR) is 107 cm³/mol. The van der Waals surface area contributed by atoms with Gasteiger partial charge in [0.1, 0.15) is 12.2 Å². The number of aliphatic hydroxyl groups is 3. The van der Waals surface area contributed by atoms with Crippen LogP contribution in [0.4, 0.5) is 0 Å². The van der Waals surface area contributed by atoms with Crippen LogP contribution in [0.5, 0.6) is 0 Å². The molecule has 2 aliphatic heterocycles. The molecule has 0 saturated carbocycles. The molecule has 29 heavy (non-hydrogen) atoms. The number of aliphatic hydroxyl groups excluding tert-OH is 3. The Morgan fingerprint density at radius 3 is 1.97 bits per heavy atom. The molecule has 2 fully saturated rings. The van der Waals surface area contributed by atoms with Gasteiger partial charge in [-0.25, -0.2) is 0 Å². The Hall–Kier alpha value is 0.0300. The molecule has 2 aliphatic rings. The molecule has 4 unspecified atom stereocenters. The third-order valence-electron chi connectivity index (χ3n) is 4.46. The Bertz CT molecular complexity index is 390. The van der Waals surface area contributed by atoms with Gasteiger partial charge in [-0.15, -0.1) is 0 Å². The molecule has 7 atom stereocenters. The first-order valence-electron chi connectivity index (χ1n) is 9.87. The first-order valence-corrected chi connectivity index (χ1v) is 11.3. The molecule has 10 nitrogen and oxygen atoms in total. The number of rotatable bonds is 7. The lowest BCUT2D eigenvalue weighted by Crippen LogP contribution is -2.48. The maximum absolute atomic E-state index is 9.58. The van der Waals surface area contributed by atoms with Crippen LogP contribution >= 0.6 is 8.38 Å². The first kappa shape index (κ1) is 29.0. The van der Waals surface area contributed by atoms with E-state index in [2.05, 4.69) is 0 Å². The molecule has 11 heteroatoms. The van der Waals surface area contributed by atoms with Crippen LogP contribution in [0, 0.1) is 0 Å². The van der Waals surface area contributed by atoms with Gasteiger partial charge in [0.2, 0.25) is 0 Å². The largest absolute Gasteiger partial charge is 0.390 e. The fourth-order valence-electron chi connectivity index (χ4n) is 2.88. The number of methoxy groups -OCH3 is 3. The molecule has 5 N–H and O–H groups in total. The standard InChI is InChI=1S/C8H17O6P.C8H16O4.C2H6/c1-13-7-4-5(9)8(10)6(14-7)2-3-15(11)12;1-10-5-7-6(9)3-4-8(11-2)12-7;1-2/h5-12H,2-4H2,1H3;6-9H,3-5H2,1-2H3;1-2H3/t5?,6?,7-,8-;6?,7-,8?;/m01./s1. The highest BCUT2D eigenvalue weighted by Crippen LogP contribution is 2.29. The van der Waals surface area contributed by atoms with Gasteiger partial charge in [0.05, 0.1) is 24.9 Å². The second-order valence-electron chi connectivity index (χ2n) is 6.46. The molecule has 2 heterocycles. The Morgan fingerprint density at radius 2 is 1.45 bits per heavy atom. The normalized spacial score (nSPS) is 34.7. The van der Waals surface area contributed by atoms with Crippen molar-refractivity contribution in [1.29, 1.82) is 0 Å². The minimum Gasteiger partial charge on any atom is -0.390 e. The van der Waals surface area contributed by atoms with Gasteiger partial charge < -0.3 is 48.8 Å². The maximum atomic E-state index is 9.58. The number of ether oxygens (including phenoxy) is 5. The fourth-order valence-corrected chi connectivity index (χ4v) is 3.37. The van der Waals surface area contributed by atoms with Crippen molar-refractivity contribution < 1.29 is 48.8 Å². The summed E-state index contributed by atoms with van der Waals surface area (Å²) in [5.74, 6) is 0. The third kappa shape index (κ3) is 11.3. The van der Waals surface area contributed by atoms with Crippen LogP contribution in [0.1, 0.15) is 39.5 Å². The zero-order valence-electron chi connectivity index (χ0n) is 18.0. The molecule has 176 valence electrons. The third-order valence-corrected chi connectivity index (χ3v) is 5.12. The lowest BCUT2D eigenvalue weighted by molar-refractivity contribution is -0.242. The van der Waals surface area contributed by atoms with Crippen molar-refractivity contribution in [2.45, 2.75) is 82.6 Å². The molecule has 0 aliphatic carbocycles. The van der Waals surface area contributed by atoms with Crippen molar-refractivity contribution in [2.75, 3.05) is 34.1 Å². The molecule has 0 radical (unpaired) electrons. The van der Waals surface area contributed by atoms with Crippen molar-refractivity contribution in [3.05, 3.63) is 0 Å². The first-order chi connectivity index (χ1) is 13.8. The Labute approximate surface area is 174 Å². The molecule has 0 spiro atoms. The summed E-state index contributed by atoms with van der Waals surface area (Å²) in [7, 11) is 2.66. The Balaban J connectivity index is 0.000000508. The molecule has 0 aromatic rings. The summed E-state index contributed by atoms with van der Waals surface area (Å²) in [4.78, 5) is 17.5. The molecular weight excluding hydrogens is 407 g/mol. The topological polar surface area (TPSA) is 147 Å². The summed E-state index contributed by atoms with van der Waals surface area (Å²) in [5.41, 5.74) is 0. The lowest BCUT2D eigenvalue weighted by Gasteiger charge is -2.36. The van der Waals surface area contributed by atoms with Crippen LogP contribution in [0.3, 0.4) is 0 Å². The molecule has 0 aromatic heterocycles. The summed E-state index contributed by atoms with van der Waals surface area (Å²) in [5, 5.41) is 28.5. The van der Waals surface area contributed by atoms with E-state index in [0.717, 1.165) is 6.42 Å². The highest BCUT2D eigenvalue weighted by molar-refractivity contribution is 7.45. The van der Waals surface area contributed by atoms with Gasteiger partial charge in [0, 0.05) is 40.3 Å². The van der Waals surface area contributed by atoms with Crippen LogP contribution in [-0.2, 0) is 23.7 Å². The highest BCUT2D eigenvalue weighted by atomic mass is 31.2. The van der Waals surface area contributed by atoms with Crippen LogP contribution in [0.2, 0.25) is 0 Å². The van der Waals surface area contributed by atoms with Crippen molar-refractivity contribution in [3.8, 4) is 0 Å². The van der Waals surface area contributed by atoms with Gasteiger partial charge in [-0.3, -0.25) is 0 Å². The summed E-state index contributed by atoms with van der Waals surface area (Å²) in [6, 6.07) is 0. The number of hydrogen-bond acceptors (Lipinski definition) is 10. The second kappa shape index (κ2) is 16.7. The smallest absolute Gasteiger partial charge is 0.165 e. The highest BCUT2D eigenvalue weighted by Gasteiger charge is 2.36. The lowest BCUT2D eigenvalue weighted by atomic mass is 10.00. The van der Waals surface area contributed by atoms with Crippen LogP contribution in [0.25, 0.3) is 0 Å². The average Bonchev–Trinajstić information content (AvgIpc) is 2.72. The quantitative estimate of drug-likeness (QED) is 0.347. The van der Waals surface area contributed by atoms with Gasteiger partial charge in [-0.05, 0) is 12.8 Å². The zero-order valence-corrected chi connectivity index (χ0v) is 18.9. The predicted octanol–water partition coefficient (Wildman–Crippen LogP) is 0.328. The van der Waals surface area contributed by atoms with Crippen LogP contribution in [0.15, 0.2) is 0 Å². The van der Waals surface area contributed by atoms with Gasteiger partial charge in [-0.2, -0.15) is 0 Å². The van der Waals surface area contributed by atoms with E-state index in [9.17, 15) is 15.3 Å². The van der Waals surface area contributed by atoms with Crippen molar-refractivity contribution >= 4 is 8.38 Å². The maximum Gasteiger partial charge on any atom is 0.165 e. The van der Waals surface area contributed by atoms with E-state index in [-0.39, 0.29) is 31.4 Å². The van der Waals surface area contributed by atoms with Crippen LogP contribution < -0.4 is 0 Å². The van der Waals surface area contributed by atoms with E-state index in [1.54, 1.807) is 14.2 Å². The minimum atomic E-state index is -1.99. The van der Waals surface area contributed by atoms with Crippen molar-refractivity contribution in [1.82, 2.24) is 0 Å². The number of hydrogen-bond donors (Lipinski definition) is 5. The molecule has 0 bridgehead atoms. The van der Waals surface area contributed by atoms with Gasteiger partial charge in [-0.1, -0.05) is 13.8 Å². The SMILES string of the molecule is CC.COC[C@H]1OC(OC)CCC1O.CO[C@@H]1CC(O)[C@H](O)C(CCP(O)O)O1. The summed E-state index contributed by atoms with van der Waals surface area (Å²) < 4.78 is 25.6. The van der Waals surface area contributed by atoms with Crippen molar-refractivity contribution in [2.24, 2.45) is 0 Å². The van der Waals surface area contributed by atoms with Crippen molar-refractivity contribution in [3.63, 3.8) is 0 Å². The summed E-state index contributed by atoms with van der Waals surface area (Å²) in [6.45, 7) is 4.42.